The first-order chi connectivity index (χ1) is 8.22. The van der Waals surface area contributed by atoms with Gasteiger partial charge in [-0.1, -0.05) is 35.5 Å². The average Bonchev–Trinajstić information content (AvgIpc) is 2.35. The highest BCUT2D eigenvalue weighted by molar-refractivity contribution is 5.79. The predicted octanol–water partition coefficient (Wildman–Crippen LogP) is 1.73. The van der Waals surface area contributed by atoms with Crippen LogP contribution in [0.4, 0.5) is 0 Å². The Balaban J connectivity index is 2.16. The summed E-state index contributed by atoms with van der Waals surface area (Å²) >= 11 is 0. The van der Waals surface area contributed by atoms with Gasteiger partial charge >= 0.3 is 0 Å². The zero-order valence-corrected chi connectivity index (χ0v) is 10.3. The van der Waals surface area contributed by atoms with Gasteiger partial charge in [0.25, 0.3) is 0 Å². The van der Waals surface area contributed by atoms with Crippen LogP contribution in [0.15, 0.2) is 35.5 Å². The van der Waals surface area contributed by atoms with Gasteiger partial charge in [-0.3, -0.25) is 0 Å². The number of nitrogens with two attached hydrogens (primary N) is 1. The van der Waals surface area contributed by atoms with Crippen molar-refractivity contribution >= 4 is 5.84 Å². The van der Waals surface area contributed by atoms with Crippen molar-refractivity contribution in [2.75, 3.05) is 6.54 Å². The molecule has 0 bridgehead atoms. The quantitative estimate of drug-likeness (QED) is 0.222. The molecule has 0 aromatic heterocycles. The van der Waals surface area contributed by atoms with Gasteiger partial charge in [0.1, 0.15) is 5.84 Å². The standard InChI is InChI=1S/C13H21N3O/c1-11(10-12-6-3-2-4-7-12)15-9-5-8-13(14)16-17/h2-4,6-7,11,15,17H,5,8-10H2,1H3,(H2,14,16). The minimum absolute atomic E-state index is 0.294. The van der Waals surface area contributed by atoms with Crippen LogP contribution in [0.2, 0.25) is 0 Å². The molecule has 94 valence electrons. The highest BCUT2D eigenvalue weighted by Gasteiger charge is 2.02. The Kier molecular flexibility index (Phi) is 6.10. The molecule has 0 aliphatic heterocycles. The Morgan fingerprint density at radius 3 is 2.76 bits per heavy atom. The van der Waals surface area contributed by atoms with Crippen LogP contribution in [-0.4, -0.2) is 23.6 Å². The molecule has 1 aromatic carbocycles. The minimum Gasteiger partial charge on any atom is -0.409 e. The number of rotatable bonds is 7. The van der Waals surface area contributed by atoms with Crippen molar-refractivity contribution in [2.24, 2.45) is 10.9 Å². The molecule has 0 heterocycles. The fourth-order valence-electron chi connectivity index (χ4n) is 1.71. The van der Waals surface area contributed by atoms with Crippen molar-refractivity contribution < 1.29 is 5.21 Å². The van der Waals surface area contributed by atoms with Crippen molar-refractivity contribution in [3.05, 3.63) is 35.9 Å². The van der Waals surface area contributed by atoms with E-state index in [0.717, 1.165) is 19.4 Å². The maximum Gasteiger partial charge on any atom is 0.139 e. The third-order valence-corrected chi connectivity index (χ3v) is 2.62. The normalized spacial score (nSPS) is 13.6. The van der Waals surface area contributed by atoms with Crippen molar-refractivity contribution in [3.63, 3.8) is 0 Å². The molecule has 17 heavy (non-hydrogen) atoms. The molecule has 0 amide bonds. The van der Waals surface area contributed by atoms with E-state index in [1.807, 2.05) is 6.07 Å². The molecule has 0 fully saturated rings. The molecule has 0 radical (unpaired) electrons. The van der Waals surface area contributed by atoms with Gasteiger partial charge in [0.2, 0.25) is 0 Å². The Hall–Kier alpha value is -1.55. The topological polar surface area (TPSA) is 70.6 Å². The fourth-order valence-corrected chi connectivity index (χ4v) is 1.71. The van der Waals surface area contributed by atoms with Gasteiger partial charge in [0.05, 0.1) is 0 Å². The molecular formula is C13H21N3O. The zero-order chi connectivity index (χ0) is 12.5. The number of hydrogen-bond donors (Lipinski definition) is 3. The van der Waals surface area contributed by atoms with E-state index in [0.29, 0.717) is 18.3 Å². The summed E-state index contributed by atoms with van der Waals surface area (Å²) in [4.78, 5) is 0. The minimum atomic E-state index is 0.294. The lowest BCUT2D eigenvalue weighted by Gasteiger charge is -2.13. The largest absolute Gasteiger partial charge is 0.409 e. The van der Waals surface area contributed by atoms with Gasteiger partial charge in [-0.15, -0.1) is 0 Å². The molecule has 0 aliphatic rings. The number of amidine groups is 1. The lowest BCUT2D eigenvalue weighted by atomic mass is 10.1. The van der Waals surface area contributed by atoms with Crippen LogP contribution in [-0.2, 0) is 6.42 Å². The van der Waals surface area contributed by atoms with E-state index in [-0.39, 0.29) is 0 Å². The van der Waals surface area contributed by atoms with E-state index in [4.69, 9.17) is 10.9 Å². The first-order valence-corrected chi connectivity index (χ1v) is 5.96. The molecule has 4 nitrogen and oxygen atoms in total. The van der Waals surface area contributed by atoms with Gasteiger partial charge < -0.3 is 16.3 Å². The lowest BCUT2D eigenvalue weighted by Crippen LogP contribution is -2.29. The molecule has 0 saturated heterocycles. The molecular weight excluding hydrogens is 214 g/mol. The van der Waals surface area contributed by atoms with Gasteiger partial charge in [-0.05, 0) is 31.9 Å². The fraction of sp³-hybridized carbons (Fsp3) is 0.462. The molecule has 0 spiro atoms. The van der Waals surface area contributed by atoms with E-state index < -0.39 is 0 Å². The highest BCUT2D eigenvalue weighted by atomic mass is 16.4. The van der Waals surface area contributed by atoms with E-state index in [2.05, 4.69) is 41.7 Å². The van der Waals surface area contributed by atoms with Crippen LogP contribution < -0.4 is 11.1 Å². The molecule has 1 aromatic rings. The lowest BCUT2D eigenvalue weighted by molar-refractivity contribution is 0.316. The van der Waals surface area contributed by atoms with E-state index >= 15 is 0 Å². The van der Waals surface area contributed by atoms with Crippen LogP contribution >= 0.6 is 0 Å². The number of nitrogens with one attached hydrogen (secondary N) is 1. The summed E-state index contributed by atoms with van der Waals surface area (Å²) in [5.74, 6) is 0.294. The molecule has 1 rings (SSSR count). The maximum absolute atomic E-state index is 8.38. The molecule has 1 atom stereocenters. The number of nitrogens with zero attached hydrogens (tertiary/aromatic N) is 1. The smallest absolute Gasteiger partial charge is 0.139 e. The predicted molar refractivity (Wildman–Crippen MR) is 70.3 cm³/mol. The third-order valence-electron chi connectivity index (χ3n) is 2.62. The van der Waals surface area contributed by atoms with Crippen molar-refractivity contribution in [2.45, 2.75) is 32.2 Å². The third kappa shape index (κ3) is 5.92. The Labute approximate surface area is 103 Å². The van der Waals surface area contributed by atoms with Crippen molar-refractivity contribution in [1.82, 2.24) is 5.32 Å². The van der Waals surface area contributed by atoms with Crippen LogP contribution in [0.25, 0.3) is 0 Å². The van der Waals surface area contributed by atoms with E-state index in [9.17, 15) is 0 Å². The summed E-state index contributed by atoms with van der Waals surface area (Å²) in [6.45, 7) is 3.04. The van der Waals surface area contributed by atoms with Gasteiger partial charge in [-0.25, -0.2) is 0 Å². The Bertz CT molecular complexity index is 338. The first kappa shape index (κ1) is 13.5. The summed E-state index contributed by atoms with van der Waals surface area (Å²) < 4.78 is 0. The van der Waals surface area contributed by atoms with Crippen molar-refractivity contribution in [3.8, 4) is 0 Å². The molecule has 0 saturated carbocycles. The summed E-state index contributed by atoms with van der Waals surface area (Å²) in [7, 11) is 0. The second-order valence-corrected chi connectivity index (χ2v) is 4.24. The summed E-state index contributed by atoms with van der Waals surface area (Å²) in [5.41, 5.74) is 6.72. The monoisotopic (exact) mass is 235 g/mol. The van der Waals surface area contributed by atoms with Gasteiger partial charge in [0, 0.05) is 12.5 Å². The second-order valence-electron chi connectivity index (χ2n) is 4.24. The average molecular weight is 235 g/mol. The van der Waals surface area contributed by atoms with Crippen LogP contribution in [0.3, 0.4) is 0 Å². The second kappa shape index (κ2) is 7.68. The van der Waals surface area contributed by atoms with Gasteiger partial charge in [-0.2, -0.15) is 0 Å². The number of benzene rings is 1. The van der Waals surface area contributed by atoms with E-state index in [1.54, 1.807) is 0 Å². The van der Waals surface area contributed by atoms with Crippen LogP contribution in [0.1, 0.15) is 25.3 Å². The molecule has 1 unspecified atom stereocenters. The number of hydrogen-bond acceptors (Lipinski definition) is 3. The van der Waals surface area contributed by atoms with Gasteiger partial charge in [0.15, 0.2) is 0 Å². The molecule has 4 N–H and O–H groups in total. The zero-order valence-electron chi connectivity index (χ0n) is 10.3. The summed E-state index contributed by atoms with van der Waals surface area (Å²) in [6.07, 6.45) is 2.53. The molecule has 0 aliphatic carbocycles. The SMILES string of the molecule is CC(Cc1ccccc1)NCCCC(N)=NO. The van der Waals surface area contributed by atoms with Crippen LogP contribution in [0, 0.1) is 0 Å². The summed E-state index contributed by atoms with van der Waals surface area (Å²) in [6, 6.07) is 10.8. The molecule has 4 heteroatoms. The van der Waals surface area contributed by atoms with Crippen molar-refractivity contribution in [1.29, 1.82) is 0 Å². The maximum atomic E-state index is 8.38. The Morgan fingerprint density at radius 1 is 1.41 bits per heavy atom. The summed E-state index contributed by atoms with van der Waals surface area (Å²) in [5, 5.41) is 14.7. The number of oxime groups is 1. The first-order valence-electron chi connectivity index (χ1n) is 5.96. The van der Waals surface area contributed by atoms with Crippen LogP contribution in [0.5, 0.6) is 0 Å². The van der Waals surface area contributed by atoms with E-state index in [1.165, 1.54) is 5.56 Å². The Morgan fingerprint density at radius 2 is 2.12 bits per heavy atom. The highest BCUT2D eigenvalue weighted by Crippen LogP contribution is 2.02.